The molecule has 0 aliphatic heterocycles. The Morgan fingerprint density at radius 1 is 0.568 bits per heavy atom. The van der Waals surface area contributed by atoms with Gasteiger partial charge in [-0.15, -0.1) is 0 Å². The van der Waals surface area contributed by atoms with Crippen molar-refractivity contribution in [2.75, 3.05) is 0 Å². The Hall–Kier alpha value is -3.07. The van der Waals surface area contributed by atoms with Crippen molar-refractivity contribution >= 4 is 22.8 Å². The van der Waals surface area contributed by atoms with Crippen molar-refractivity contribution in [2.45, 2.75) is 99.8 Å². The van der Waals surface area contributed by atoms with Crippen LogP contribution < -0.4 is 0 Å². The minimum Gasteiger partial charge on any atom is -0.251 e. The molecule has 0 saturated heterocycles. The lowest BCUT2D eigenvalue weighted by atomic mass is 9.93. The first-order valence-electron chi connectivity index (χ1n) is 13.8. The van der Waals surface area contributed by atoms with Gasteiger partial charge in [-0.2, -0.15) is 0 Å². The summed E-state index contributed by atoms with van der Waals surface area (Å²) < 4.78 is 0. The maximum absolute atomic E-state index is 5.19. The maximum Gasteiger partial charge on any atom is 0.0852 e. The molecule has 3 nitrogen and oxygen atoms in total. The average Bonchev–Trinajstić information content (AvgIpc) is 2.83. The number of para-hydroxylation sites is 2. The van der Waals surface area contributed by atoms with E-state index in [0.717, 1.165) is 39.7 Å². The largest absolute Gasteiger partial charge is 0.251 e. The van der Waals surface area contributed by atoms with Crippen molar-refractivity contribution < 1.29 is 0 Å². The molecule has 3 aromatic rings. The highest BCUT2D eigenvalue weighted by molar-refractivity contribution is 6.03. The van der Waals surface area contributed by atoms with Crippen LogP contribution in [0.1, 0.15) is 132 Å². The second-order valence-corrected chi connectivity index (χ2v) is 11.5. The molecular weight excluding hydrogens is 450 g/mol. The minimum absolute atomic E-state index is 0.400. The van der Waals surface area contributed by atoms with Crippen molar-refractivity contribution in [1.82, 2.24) is 4.98 Å². The van der Waals surface area contributed by atoms with Crippen LogP contribution in [0.4, 0.5) is 11.4 Å². The number of rotatable bonds is 8. The highest BCUT2D eigenvalue weighted by atomic mass is 14.8. The van der Waals surface area contributed by atoms with Crippen LogP contribution in [0.25, 0.3) is 0 Å². The van der Waals surface area contributed by atoms with Crippen LogP contribution in [0.2, 0.25) is 0 Å². The van der Waals surface area contributed by atoms with E-state index in [1.807, 2.05) is 0 Å². The molecule has 2 aromatic carbocycles. The standard InChI is InChI=1S/C34H45N3/c1-20(2)27-14-12-15-28(21(3)4)33(27)35-25(10)31-18-24(9)19-32(37-31)26(11)36-34-29(22(5)6)16-13-17-30(34)23(7)8/h12-23H,1-11H3/b35-25+,36-26+. The van der Waals surface area contributed by atoms with Gasteiger partial charge in [0.2, 0.25) is 0 Å². The lowest BCUT2D eigenvalue weighted by Gasteiger charge is -2.18. The fourth-order valence-corrected chi connectivity index (χ4v) is 4.77. The van der Waals surface area contributed by atoms with E-state index in [-0.39, 0.29) is 0 Å². The van der Waals surface area contributed by atoms with Gasteiger partial charge >= 0.3 is 0 Å². The highest BCUT2D eigenvalue weighted by Crippen LogP contribution is 2.36. The average molecular weight is 496 g/mol. The van der Waals surface area contributed by atoms with Gasteiger partial charge < -0.3 is 0 Å². The predicted molar refractivity (Wildman–Crippen MR) is 162 cm³/mol. The number of aliphatic imine (C=N–C) groups is 2. The number of hydrogen-bond donors (Lipinski definition) is 0. The molecule has 37 heavy (non-hydrogen) atoms. The summed E-state index contributed by atoms with van der Waals surface area (Å²) >= 11 is 0. The topological polar surface area (TPSA) is 37.6 Å². The van der Waals surface area contributed by atoms with Crippen molar-refractivity contribution in [3.63, 3.8) is 0 Å². The van der Waals surface area contributed by atoms with E-state index in [0.29, 0.717) is 23.7 Å². The van der Waals surface area contributed by atoms with Gasteiger partial charge in [0.15, 0.2) is 0 Å². The molecule has 0 fully saturated rings. The van der Waals surface area contributed by atoms with Gasteiger partial charge in [-0.05, 0) is 84.4 Å². The number of pyridine rings is 1. The van der Waals surface area contributed by atoms with Gasteiger partial charge in [0.25, 0.3) is 0 Å². The molecule has 0 unspecified atom stereocenters. The zero-order valence-corrected chi connectivity index (χ0v) is 24.8. The maximum atomic E-state index is 5.19. The number of aromatic nitrogens is 1. The summed E-state index contributed by atoms with van der Waals surface area (Å²) in [6, 6.07) is 17.4. The summed E-state index contributed by atoms with van der Waals surface area (Å²) in [5, 5.41) is 0. The van der Waals surface area contributed by atoms with Gasteiger partial charge in [-0.1, -0.05) is 91.8 Å². The molecule has 0 spiro atoms. The molecule has 0 aliphatic rings. The molecular formula is C34H45N3. The van der Waals surface area contributed by atoms with Gasteiger partial charge in [0.1, 0.15) is 0 Å². The first-order valence-corrected chi connectivity index (χ1v) is 13.8. The van der Waals surface area contributed by atoms with Crippen LogP contribution in [-0.2, 0) is 0 Å². The molecule has 0 atom stereocenters. The van der Waals surface area contributed by atoms with Crippen LogP contribution in [0.15, 0.2) is 58.5 Å². The third kappa shape index (κ3) is 6.63. The van der Waals surface area contributed by atoms with Crippen LogP contribution in [0, 0.1) is 6.92 Å². The highest BCUT2D eigenvalue weighted by Gasteiger charge is 2.16. The summed E-state index contributed by atoms with van der Waals surface area (Å²) in [6.45, 7) is 24.1. The second-order valence-electron chi connectivity index (χ2n) is 11.5. The normalized spacial score (nSPS) is 12.9. The smallest absolute Gasteiger partial charge is 0.0852 e. The number of benzene rings is 2. The zero-order chi connectivity index (χ0) is 27.4. The van der Waals surface area contributed by atoms with Crippen LogP contribution >= 0.6 is 0 Å². The summed E-state index contributed by atoms with van der Waals surface area (Å²) in [5.41, 5.74) is 12.1. The van der Waals surface area contributed by atoms with Crippen LogP contribution in [0.3, 0.4) is 0 Å². The lowest BCUT2D eigenvalue weighted by Crippen LogP contribution is -2.07. The summed E-state index contributed by atoms with van der Waals surface area (Å²) in [6.07, 6.45) is 0. The SMILES string of the molecule is C/C(=N\c1c(C(C)C)cccc1C(C)C)c1cc(C)cc(/C(C)=N/c2c(C(C)C)cccc2C(C)C)n1. The molecule has 3 rings (SSSR count). The monoisotopic (exact) mass is 495 g/mol. The Morgan fingerprint density at radius 3 is 1.14 bits per heavy atom. The van der Waals surface area contributed by atoms with Gasteiger partial charge in [-0.3, -0.25) is 9.98 Å². The first-order chi connectivity index (χ1) is 17.4. The van der Waals surface area contributed by atoms with Crippen molar-refractivity contribution in [3.05, 3.63) is 87.7 Å². The summed E-state index contributed by atoms with van der Waals surface area (Å²) in [4.78, 5) is 15.4. The van der Waals surface area contributed by atoms with Gasteiger partial charge in [0.05, 0.1) is 34.2 Å². The van der Waals surface area contributed by atoms with E-state index >= 15 is 0 Å². The van der Waals surface area contributed by atoms with E-state index in [9.17, 15) is 0 Å². The molecule has 1 heterocycles. The number of nitrogens with zero attached hydrogens (tertiary/aromatic N) is 3. The zero-order valence-electron chi connectivity index (χ0n) is 24.8. The van der Waals surface area contributed by atoms with E-state index < -0.39 is 0 Å². The molecule has 3 heteroatoms. The van der Waals surface area contributed by atoms with E-state index in [1.165, 1.54) is 22.3 Å². The molecule has 0 saturated carbocycles. The third-order valence-electron chi connectivity index (χ3n) is 6.95. The molecule has 196 valence electrons. The first kappa shape index (κ1) is 28.5. The van der Waals surface area contributed by atoms with Crippen molar-refractivity contribution in [1.29, 1.82) is 0 Å². The number of aryl methyl sites for hydroxylation is 1. The Bertz CT molecular complexity index is 1160. The molecule has 0 aliphatic carbocycles. The Kier molecular flexibility index (Phi) is 9.23. The lowest BCUT2D eigenvalue weighted by molar-refractivity contribution is 0.834. The molecule has 1 aromatic heterocycles. The Labute approximate surface area is 225 Å². The molecule has 0 N–H and O–H groups in total. The predicted octanol–water partition coefficient (Wildman–Crippen LogP) is 10.2. The van der Waals surface area contributed by atoms with E-state index in [2.05, 4.69) is 125 Å². The Balaban J connectivity index is 2.14. The van der Waals surface area contributed by atoms with Crippen LogP contribution in [0.5, 0.6) is 0 Å². The van der Waals surface area contributed by atoms with E-state index in [1.54, 1.807) is 0 Å². The fourth-order valence-electron chi connectivity index (χ4n) is 4.77. The summed E-state index contributed by atoms with van der Waals surface area (Å²) in [5.74, 6) is 1.60. The molecule has 0 amide bonds. The van der Waals surface area contributed by atoms with Gasteiger partial charge in [0, 0.05) is 0 Å². The van der Waals surface area contributed by atoms with Crippen molar-refractivity contribution in [2.24, 2.45) is 9.98 Å². The third-order valence-corrected chi connectivity index (χ3v) is 6.95. The number of hydrogen-bond acceptors (Lipinski definition) is 3. The van der Waals surface area contributed by atoms with Crippen LogP contribution in [-0.4, -0.2) is 16.4 Å². The summed E-state index contributed by atoms with van der Waals surface area (Å²) in [7, 11) is 0. The molecule has 0 bridgehead atoms. The quantitative estimate of drug-likeness (QED) is 0.286. The van der Waals surface area contributed by atoms with Crippen molar-refractivity contribution in [3.8, 4) is 0 Å². The second kappa shape index (κ2) is 12.0. The van der Waals surface area contributed by atoms with Gasteiger partial charge in [-0.25, -0.2) is 4.98 Å². The molecule has 0 radical (unpaired) electrons. The Morgan fingerprint density at radius 2 is 0.865 bits per heavy atom. The minimum atomic E-state index is 0.400. The fraction of sp³-hybridized carbons (Fsp3) is 0.441. The van der Waals surface area contributed by atoms with E-state index in [4.69, 9.17) is 15.0 Å².